The Morgan fingerprint density at radius 3 is 1.54 bits per heavy atom. The molecule has 0 aromatic carbocycles. The van der Waals surface area contributed by atoms with Crippen LogP contribution in [0.5, 0.6) is 0 Å². The highest BCUT2D eigenvalue weighted by molar-refractivity contribution is 7.47. The van der Waals surface area contributed by atoms with Crippen LogP contribution in [0.4, 0.5) is 0 Å². The van der Waals surface area contributed by atoms with Crippen LogP contribution in [-0.2, 0) is 18.4 Å². The van der Waals surface area contributed by atoms with Gasteiger partial charge >= 0.3 is 7.82 Å². The molecule has 8 nitrogen and oxygen atoms in total. The number of nitrogens with zero attached hydrogens (tertiary/aromatic N) is 1. The number of amides is 1. The molecule has 324 valence electrons. The fourth-order valence-electron chi connectivity index (χ4n) is 5.29. The first-order chi connectivity index (χ1) is 27.5. The van der Waals surface area contributed by atoms with Crippen LogP contribution in [0.1, 0.15) is 136 Å². The maximum absolute atomic E-state index is 12.8. The topological polar surface area (TPSA) is 105 Å². The number of aliphatic hydroxyl groups is 1. The number of rotatable bonds is 37. The minimum absolute atomic E-state index is 0.0457. The lowest BCUT2D eigenvalue weighted by Gasteiger charge is -2.25. The Balaban J connectivity index is 4.37. The zero-order valence-electron chi connectivity index (χ0n) is 36.5. The van der Waals surface area contributed by atoms with Crippen LogP contribution in [0.3, 0.4) is 0 Å². The number of unbranched alkanes of at least 4 members (excludes halogenated alkanes) is 8. The molecule has 0 fully saturated rings. The Kier molecular flexibility index (Phi) is 36.7. The summed E-state index contributed by atoms with van der Waals surface area (Å²) in [5.74, 6) is -0.230. The minimum Gasteiger partial charge on any atom is -0.387 e. The summed E-state index contributed by atoms with van der Waals surface area (Å²) >= 11 is 0. The number of likely N-dealkylation sites (N-methyl/N-ethyl adjacent to an activating group) is 1. The van der Waals surface area contributed by atoms with Crippen molar-refractivity contribution in [3.8, 4) is 0 Å². The second-order valence-electron chi connectivity index (χ2n) is 15.3. The van der Waals surface area contributed by atoms with Gasteiger partial charge in [-0.05, 0) is 83.5 Å². The standard InChI is InChI=1S/C48H81N2O6P/c1-6-8-10-12-14-16-17-18-19-20-21-22-23-24-25-26-27-28-29-30-31-32-33-34-36-38-40-42-48(52)49-46(45-56-57(53,54)55-44-43-50(3,4)5)47(51)41-39-37-35-15-13-11-9-7-2/h8,10,14,16,18-19,21-22,24-25,27-28,30-31,33-34,39,41,46-47,51H,6-7,9,11-13,15,17,20,23,26,29,32,35-38,40,42-45H2,1-5H3,(H-,49,52,53,54)/p+1/b10-8-,16-14-,19-18-,22-21-,25-24-,28-27-,31-30-,34-33-,41-39+. The molecule has 0 aromatic rings. The number of aliphatic hydroxyl groups excluding tert-OH is 1. The van der Waals surface area contributed by atoms with Crippen molar-refractivity contribution in [2.75, 3.05) is 40.9 Å². The lowest BCUT2D eigenvalue weighted by atomic mass is 10.1. The van der Waals surface area contributed by atoms with Crippen molar-refractivity contribution >= 4 is 13.7 Å². The second-order valence-corrected chi connectivity index (χ2v) is 16.8. The maximum atomic E-state index is 12.8. The van der Waals surface area contributed by atoms with E-state index in [0.29, 0.717) is 23.9 Å². The fourth-order valence-corrected chi connectivity index (χ4v) is 6.02. The summed E-state index contributed by atoms with van der Waals surface area (Å²) in [5, 5.41) is 13.7. The molecule has 0 rings (SSSR count). The van der Waals surface area contributed by atoms with E-state index in [1.807, 2.05) is 27.2 Å². The van der Waals surface area contributed by atoms with Gasteiger partial charge < -0.3 is 19.8 Å². The Morgan fingerprint density at radius 1 is 0.614 bits per heavy atom. The Bertz CT molecular complexity index is 1290. The van der Waals surface area contributed by atoms with Crippen LogP contribution in [-0.4, -0.2) is 73.4 Å². The summed E-state index contributed by atoms with van der Waals surface area (Å²) in [6, 6.07) is -0.875. The first kappa shape index (κ1) is 54.2. The third-order valence-electron chi connectivity index (χ3n) is 8.75. The zero-order valence-corrected chi connectivity index (χ0v) is 37.4. The van der Waals surface area contributed by atoms with E-state index in [1.165, 1.54) is 25.7 Å². The molecule has 0 aliphatic heterocycles. The van der Waals surface area contributed by atoms with Crippen molar-refractivity contribution in [1.82, 2.24) is 5.32 Å². The lowest BCUT2D eigenvalue weighted by molar-refractivity contribution is -0.870. The molecule has 9 heteroatoms. The third-order valence-corrected chi connectivity index (χ3v) is 9.73. The summed E-state index contributed by atoms with van der Waals surface area (Å²) in [5.41, 5.74) is 0. The predicted octanol–water partition coefficient (Wildman–Crippen LogP) is 12.1. The van der Waals surface area contributed by atoms with E-state index < -0.39 is 20.0 Å². The molecular weight excluding hydrogens is 732 g/mol. The number of carbonyl (C=O) groups excluding carboxylic acids is 1. The van der Waals surface area contributed by atoms with E-state index in [0.717, 1.165) is 83.5 Å². The van der Waals surface area contributed by atoms with Gasteiger partial charge in [-0.2, -0.15) is 0 Å². The molecule has 3 unspecified atom stereocenters. The Labute approximate surface area is 349 Å². The van der Waals surface area contributed by atoms with Crippen LogP contribution in [0.15, 0.2) is 109 Å². The van der Waals surface area contributed by atoms with Gasteiger partial charge in [-0.25, -0.2) is 4.57 Å². The summed E-state index contributed by atoms with van der Waals surface area (Å²) in [6.07, 6.45) is 56.1. The average molecular weight is 814 g/mol. The van der Waals surface area contributed by atoms with Gasteiger partial charge in [0.25, 0.3) is 0 Å². The smallest absolute Gasteiger partial charge is 0.387 e. The van der Waals surface area contributed by atoms with E-state index in [1.54, 1.807) is 6.08 Å². The summed E-state index contributed by atoms with van der Waals surface area (Å²) < 4.78 is 23.4. The van der Waals surface area contributed by atoms with Crippen molar-refractivity contribution < 1.29 is 32.9 Å². The molecule has 3 N–H and O–H groups in total. The zero-order chi connectivity index (χ0) is 42.1. The monoisotopic (exact) mass is 814 g/mol. The number of phosphoric ester groups is 1. The van der Waals surface area contributed by atoms with Crippen LogP contribution < -0.4 is 5.32 Å². The number of carbonyl (C=O) groups is 1. The van der Waals surface area contributed by atoms with Crippen molar-refractivity contribution in [2.45, 2.75) is 148 Å². The Hall–Kier alpha value is -2.84. The molecule has 0 radical (unpaired) electrons. The molecule has 57 heavy (non-hydrogen) atoms. The molecule has 0 aliphatic carbocycles. The van der Waals surface area contributed by atoms with Crippen LogP contribution in [0, 0.1) is 0 Å². The largest absolute Gasteiger partial charge is 0.472 e. The average Bonchev–Trinajstić information content (AvgIpc) is 3.16. The summed E-state index contributed by atoms with van der Waals surface area (Å²) in [7, 11) is 1.52. The molecule has 0 saturated heterocycles. The highest BCUT2D eigenvalue weighted by Crippen LogP contribution is 2.43. The number of hydrogen-bond donors (Lipinski definition) is 3. The van der Waals surface area contributed by atoms with E-state index in [9.17, 15) is 19.4 Å². The molecule has 0 spiro atoms. The third kappa shape index (κ3) is 41.1. The molecule has 0 bridgehead atoms. The normalized spacial score (nSPS) is 15.4. The van der Waals surface area contributed by atoms with Gasteiger partial charge in [0.15, 0.2) is 0 Å². The van der Waals surface area contributed by atoms with Crippen LogP contribution in [0.2, 0.25) is 0 Å². The van der Waals surface area contributed by atoms with Gasteiger partial charge in [0.1, 0.15) is 13.2 Å². The van der Waals surface area contributed by atoms with Gasteiger partial charge in [0.05, 0.1) is 39.9 Å². The van der Waals surface area contributed by atoms with Gasteiger partial charge in [0, 0.05) is 6.42 Å². The summed E-state index contributed by atoms with van der Waals surface area (Å²) in [4.78, 5) is 23.0. The summed E-state index contributed by atoms with van der Waals surface area (Å²) in [6.45, 7) is 4.58. The minimum atomic E-state index is -4.35. The molecule has 0 aliphatic rings. The van der Waals surface area contributed by atoms with Gasteiger partial charge in [-0.3, -0.25) is 13.8 Å². The van der Waals surface area contributed by atoms with E-state index in [2.05, 4.69) is 116 Å². The van der Waals surface area contributed by atoms with Crippen molar-refractivity contribution in [3.63, 3.8) is 0 Å². The van der Waals surface area contributed by atoms with E-state index in [4.69, 9.17) is 9.05 Å². The first-order valence-electron chi connectivity index (χ1n) is 21.8. The molecule has 3 atom stereocenters. The van der Waals surface area contributed by atoms with Gasteiger partial charge in [0.2, 0.25) is 5.91 Å². The number of allylic oxidation sites excluding steroid dienone is 17. The lowest BCUT2D eigenvalue weighted by Crippen LogP contribution is -2.45. The molecule has 0 aromatic heterocycles. The highest BCUT2D eigenvalue weighted by atomic mass is 31.2. The van der Waals surface area contributed by atoms with Crippen molar-refractivity contribution in [3.05, 3.63) is 109 Å². The van der Waals surface area contributed by atoms with E-state index in [-0.39, 0.29) is 19.1 Å². The van der Waals surface area contributed by atoms with Gasteiger partial charge in [-0.15, -0.1) is 0 Å². The first-order valence-corrected chi connectivity index (χ1v) is 23.3. The van der Waals surface area contributed by atoms with Gasteiger partial charge in [-0.1, -0.05) is 155 Å². The fraction of sp³-hybridized carbons (Fsp3) is 0.604. The second kappa shape index (κ2) is 38.7. The number of hydrogen-bond acceptors (Lipinski definition) is 5. The number of nitrogens with one attached hydrogen (secondary N) is 1. The number of quaternary nitrogens is 1. The predicted molar refractivity (Wildman–Crippen MR) is 244 cm³/mol. The quantitative estimate of drug-likeness (QED) is 0.0250. The van der Waals surface area contributed by atoms with Crippen molar-refractivity contribution in [1.29, 1.82) is 0 Å². The molecule has 0 saturated carbocycles. The van der Waals surface area contributed by atoms with Crippen LogP contribution in [0.25, 0.3) is 0 Å². The number of phosphoric acid groups is 1. The molecular formula is C48H82N2O6P+. The van der Waals surface area contributed by atoms with E-state index >= 15 is 0 Å². The Morgan fingerprint density at radius 2 is 1.05 bits per heavy atom. The van der Waals surface area contributed by atoms with Crippen molar-refractivity contribution in [2.24, 2.45) is 0 Å². The van der Waals surface area contributed by atoms with Crippen LogP contribution >= 0.6 is 7.82 Å². The SMILES string of the molecule is CC/C=C\C/C=C\C/C=C\C/C=C\C/C=C\C/C=C\C/C=C\C/C=C\CCCCC(=O)NC(COP(=O)(O)OCC[N+](C)(C)C)C(O)/C=C/CCCCCCCC. The molecule has 0 heterocycles. The molecule has 1 amide bonds. The highest BCUT2D eigenvalue weighted by Gasteiger charge is 2.27. The maximum Gasteiger partial charge on any atom is 0.472 e.